The number of benzene rings is 1. The molecule has 1 aromatic heterocycles. The Balaban J connectivity index is 2.25. The van der Waals surface area contributed by atoms with Gasteiger partial charge in [0, 0.05) is 42.2 Å². The van der Waals surface area contributed by atoms with Crippen LogP contribution in [0.15, 0.2) is 35.5 Å². The Morgan fingerprint density at radius 3 is 2.20 bits per heavy atom. The number of carboxylic acid groups (broad SMARTS) is 2. The molecule has 2 aromatic rings. The first-order valence-electron chi connectivity index (χ1n) is 12.8. The highest BCUT2D eigenvalue weighted by Gasteiger charge is 2.31. The summed E-state index contributed by atoms with van der Waals surface area (Å²) in [5.74, 6) is -5.07. The van der Waals surface area contributed by atoms with Crippen molar-refractivity contribution < 1.29 is 34.2 Å². The minimum Gasteiger partial charge on any atom is -0.481 e. The highest BCUT2D eigenvalue weighted by atomic mass is 32.1. The van der Waals surface area contributed by atoms with E-state index in [0.29, 0.717) is 5.56 Å². The molecule has 4 atom stereocenters. The molecule has 1 heterocycles. The number of aromatic nitrogens is 1. The molecule has 0 aliphatic heterocycles. The lowest BCUT2D eigenvalue weighted by Gasteiger charge is -2.25. The molecule has 0 saturated heterocycles. The summed E-state index contributed by atoms with van der Waals surface area (Å²) < 4.78 is 0. The van der Waals surface area contributed by atoms with Gasteiger partial charge in [-0.25, -0.2) is 4.79 Å². The van der Waals surface area contributed by atoms with E-state index in [9.17, 15) is 34.2 Å². The lowest BCUT2D eigenvalue weighted by atomic mass is 10.0. The van der Waals surface area contributed by atoms with Crippen molar-refractivity contribution in [1.29, 1.82) is 0 Å². The van der Waals surface area contributed by atoms with Crippen LogP contribution in [-0.4, -0.2) is 87.3 Å². The molecule has 12 N–H and O–H groups in total. The SMILES string of the molecule is NC(N)=NCCCC(NC(=O)C(CCC(=O)O)NC(=O)C(Cc1c[nH]c2ccccc12)NC(=O)C(N)CS)C(=O)O. The monoisotopic (exact) mass is 592 g/mol. The van der Waals surface area contributed by atoms with Gasteiger partial charge in [-0.3, -0.25) is 24.2 Å². The fraction of sp³-hybridized carbons (Fsp3) is 0.440. The van der Waals surface area contributed by atoms with E-state index in [-0.39, 0.29) is 43.9 Å². The lowest BCUT2D eigenvalue weighted by molar-refractivity contribution is -0.143. The van der Waals surface area contributed by atoms with E-state index in [4.69, 9.17) is 17.2 Å². The fourth-order valence-corrected chi connectivity index (χ4v) is 4.10. The van der Waals surface area contributed by atoms with Gasteiger partial charge in [0.15, 0.2) is 5.96 Å². The molecule has 0 aliphatic rings. The number of hydrogen-bond acceptors (Lipinski definition) is 8. The van der Waals surface area contributed by atoms with Crippen LogP contribution in [0.25, 0.3) is 10.9 Å². The zero-order chi connectivity index (χ0) is 30.5. The number of hydrogen-bond donors (Lipinski definition) is 10. The predicted molar refractivity (Wildman–Crippen MR) is 154 cm³/mol. The second-order valence-electron chi connectivity index (χ2n) is 9.26. The van der Waals surface area contributed by atoms with Crippen molar-refractivity contribution in [2.45, 2.75) is 56.3 Å². The van der Waals surface area contributed by atoms with Gasteiger partial charge in [0.25, 0.3) is 0 Å². The largest absolute Gasteiger partial charge is 0.481 e. The Labute approximate surface area is 241 Å². The number of rotatable bonds is 17. The van der Waals surface area contributed by atoms with Crippen LogP contribution in [0.5, 0.6) is 0 Å². The molecule has 0 fully saturated rings. The van der Waals surface area contributed by atoms with Crippen molar-refractivity contribution in [3.8, 4) is 0 Å². The highest BCUT2D eigenvalue weighted by Crippen LogP contribution is 2.19. The molecule has 0 saturated carbocycles. The van der Waals surface area contributed by atoms with E-state index >= 15 is 0 Å². The van der Waals surface area contributed by atoms with Crippen LogP contribution in [0.2, 0.25) is 0 Å². The standard InChI is InChI=1S/C25H36N8O7S/c26-15(12-41)21(36)33-19(10-13-11-30-16-5-2-1-4-14(13)16)23(38)31-17(7-8-20(34)35)22(37)32-18(24(39)40)6-3-9-29-25(27)28/h1-2,4-5,11,15,17-19,30,41H,3,6-10,12,26H2,(H,31,38)(H,32,37)(H,33,36)(H,34,35)(H,39,40)(H4,27,28,29). The van der Waals surface area contributed by atoms with Crippen LogP contribution in [-0.2, 0) is 30.4 Å². The maximum Gasteiger partial charge on any atom is 0.326 e. The third-order valence-electron chi connectivity index (χ3n) is 6.11. The van der Waals surface area contributed by atoms with Gasteiger partial charge in [-0.2, -0.15) is 12.6 Å². The minimum absolute atomic E-state index is 0.0106. The third-order valence-corrected chi connectivity index (χ3v) is 6.50. The lowest BCUT2D eigenvalue weighted by Crippen LogP contribution is -2.57. The molecule has 4 unspecified atom stereocenters. The second kappa shape index (κ2) is 16.1. The van der Waals surface area contributed by atoms with Crippen LogP contribution in [0.4, 0.5) is 0 Å². The zero-order valence-electron chi connectivity index (χ0n) is 22.2. The fourth-order valence-electron chi connectivity index (χ4n) is 3.93. The van der Waals surface area contributed by atoms with Crippen molar-refractivity contribution >= 4 is 59.2 Å². The summed E-state index contributed by atoms with van der Waals surface area (Å²) in [6.45, 7) is 0.130. The Hall–Kier alpha value is -4.31. The molecular weight excluding hydrogens is 556 g/mol. The number of aromatic amines is 1. The van der Waals surface area contributed by atoms with Gasteiger partial charge in [0.1, 0.15) is 18.1 Å². The van der Waals surface area contributed by atoms with E-state index in [1.54, 1.807) is 6.20 Å². The van der Waals surface area contributed by atoms with Gasteiger partial charge in [-0.15, -0.1) is 0 Å². The number of guanidine groups is 1. The van der Waals surface area contributed by atoms with Crippen LogP contribution < -0.4 is 33.2 Å². The number of H-pyrrole nitrogens is 1. The Morgan fingerprint density at radius 2 is 1.56 bits per heavy atom. The summed E-state index contributed by atoms with van der Waals surface area (Å²) in [5.41, 5.74) is 17.8. The summed E-state index contributed by atoms with van der Waals surface area (Å²) in [6, 6.07) is 2.32. The number of nitrogens with two attached hydrogens (primary N) is 3. The maximum atomic E-state index is 13.4. The molecule has 15 nitrogen and oxygen atoms in total. The molecule has 1 aromatic carbocycles. The number of nitrogens with zero attached hydrogens (tertiary/aromatic N) is 1. The van der Waals surface area contributed by atoms with E-state index < -0.39 is 60.2 Å². The number of aliphatic carboxylic acids is 2. The number of carboxylic acids is 2. The van der Waals surface area contributed by atoms with Gasteiger partial charge < -0.3 is 48.3 Å². The Kier molecular flexibility index (Phi) is 12.9. The normalized spacial score (nSPS) is 13.8. The molecule has 0 radical (unpaired) electrons. The number of nitrogens with one attached hydrogen (secondary N) is 4. The van der Waals surface area contributed by atoms with Crippen molar-refractivity contribution in [1.82, 2.24) is 20.9 Å². The predicted octanol–water partition coefficient (Wildman–Crippen LogP) is -1.58. The van der Waals surface area contributed by atoms with Crippen molar-refractivity contribution in [2.24, 2.45) is 22.2 Å². The molecular formula is C25H36N8O7S. The molecule has 16 heteroatoms. The molecule has 41 heavy (non-hydrogen) atoms. The van der Waals surface area contributed by atoms with E-state index in [2.05, 4.69) is 38.6 Å². The molecule has 0 aliphatic carbocycles. The molecule has 0 bridgehead atoms. The molecule has 3 amide bonds. The summed E-state index contributed by atoms with van der Waals surface area (Å²) in [6.07, 6.45) is 1.06. The van der Waals surface area contributed by atoms with Crippen LogP contribution in [0, 0.1) is 0 Å². The van der Waals surface area contributed by atoms with Crippen molar-refractivity contribution in [2.75, 3.05) is 12.3 Å². The van der Waals surface area contributed by atoms with Gasteiger partial charge >= 0.3 is 11.9 Å². The van der Waals surface area contributed by atoms with Gasteiger partial charge in [-0.1, -0.05) is 18.2 Å². The van der Waals surface area contributed by atoms with Crippen molar-refractivity contribution in [3.63, 3.8) is 0 Å². The van der Waals surface area contributed by atoms with Gasteiger partial charge in [-0.05, 0) is 30.9 Å². The van der Waals surface area contributed by atoms with Crippen LogP contribution in [0.3, 0.4) is 0 Å². The average molecular weight is 593 g/mol. The number of carbonyl (C=O) groups excluding carboxylic acids is 3. The highest BCUT2D eigenvalue weighted by molar-refractivity contribution is 7.80. The summed E-state index contributed by atoms with van der Waals surface area (Å²) in [7, 11) is 0. The maximum absolute atomic E-state index is 13.4. The number of thiol groups is 1. The number of para-hydroxylation sites is 1. The summed E-state index contributed by atoms with van der Waals surface area (Å²) >= 11 is 4.02. The van der Waals surface area contributed by atoms with Gasteiger partial charge in [0.2, 0.25) is 17.7 Å². The smallest absolute Gasteiger partial charge is 0.326 e. The first-order valence-corrected chi connectivity index (χ1v) is 13.4. The van der Waals surface area contributed by atoms with E-state index in [1.165, 1.54) is 0 Å². The summed E-state index contributed by atoms with van der Waals surface area (Å²) in [5, 5.41) is 26.9. The zero-order valence-corrected chi connectivity index (χ0v) is 23.1. The van der Waals surface area contributed by atoms with Gasteiger partial charge in [0.05, 0.1) is 6.04 Å². The number of amides is 3. The van der Waals surface area contributed by atoms with E-state index in [1.807, 2.05) is 24.3 Å². The average Bonchev–Trinajstić information content (AvgIpc) is 3.33. The third kappa shape index (κ3) is 10.6. The number of carbonyl (C=O) groups is 5. The topological polar surface area (TPSA) is 268 Å². The Morgan fingerprint density at radius 1 is 0.927 bits per heavy atom. The van der Waals surface area contributed by atoms with Crippen molar-refractivity contribution in [3.05, 3.63) is 36.0 Å². The van der Waals surface area contributed by atoms with Crippen LogP contribution >= 0.6 is 12.6 Å². The quantitative estimate of drug-likeness (QED) is 0.0436. The first-order chi connectivity index (χ1) is 19.4. The Bertz CT molecular complexity index is 1260. The first kappa shape index (κ1) is 32.9. The van der Waals surface area contributed by atoms with Crippen LogP contribution in [0.1, 0.15) is 31.2 Å². The molecule has 2 rings (SSSR count). The number of aliphatic imine (C=N–C) groups is 1. The summed E-state index contributed by atoms with van der Waals surface area (Å²) in [4.78, 5) is 68.9. The van der Waals surface area contributed by atoms with E-state index in [0.717, 1.165) is 10.9 Å². The second-order valence-corrected chi connectivity index (χ2v) is 9.62. The molecule has 0 spiro atoms. The minimum atomic E-state index is -1.42. The number of fused-ring (bicyclic) bond motifs is 1. The molecule has 224 valence electrons.